The first kappa shape index (κ1) is 11.1. The van der Waals surface area contributed by atoms with E-state index < -0.39 is 0 Å². The molecule has 1 rings (SSSR count). The summed E-state index contributed by atoms with van der Waals surface area (Å²) in [7, 11) is 0. The molecule has 1 saturated carbocycles. The molecule has 0 nitrogen and oxygen atoms in total. The molecule has 1 aliphatic carbocycles. The van der Waals surface area contributed by atoms with Crippen LogP contribution in [0.2, 0.25) is 0 Å². The lowest BCUT2D eigenvalue weighted by atomic mass is 9.64. The largest absolute Gasteiger partial charge is 0.0599 e. The summed E-state index contributed by atoms with van der Waals surface area (Å²) in [6.07, 6.45) is 4.43. The molecule has 0 bridgehead atoms. The highest BCUT2D eigenvalue weighted by Crippen LogP contribution is 2.48. The fourth-order valence-electron chi connectivity index (χ4n) is 2.69. The van der Waals surface area contributed by atoms with Crippen molar-refractivity contribution < 1.29 is 0 Å². The van der Waals surface area contributed by atoms with Crippen LogP contribution in [0.3, 0.4) is 0 Å². The topological polar surface area (TPSA) is 0 Å². The Morgan fingerprint density at radius 3 is 1.54 bits per heavy atom. The van der Waals surface area contributed by atoms with Crippen molar-refractivity contribution in [1.29, 1.82) is 0 Å². The Balaban J connectivity index is 2.63. The van der Waals surface area contributed by atoms with Crippen molar-refractivity contribution in [3.63, 3.8) is 0 Å². The van der Waals surface area contributed by atoms with Crippen LogP contribution in [0, 0.1) is 22.7 Å². The van der Waals surface area contributed by atoms with Crippen molar-refractivity contribution in [1.82, 2.24) is 0 Å². The highest BCUT2D eigenvalue weighted by atomic mass is 14.4. The van der Waals surface area contributed by atoms with E-state index in [0.29, 0.717) is 10.8 Å². The van der Waals surface area contributed by atoms with Gasteiger partial charge in [-0.25, -0.2) is 0 Å². The van der Waals surface area contributed by atoms with Crippen LogP contribution in [-0.2, 0) is 0 Å². The lowest BCUT2D eigenvalue weighted by Crippen LogP contribution is -2.32. The van der Waals surface area contributed by atoms with Gasteiger partial charge < -0.3 is 0 Å². The molecule has 13 heavy (non-hydrogen) atoms. The predicted octanol–water partition coefficient (Wildman–Crippen LogP) is 4.49. The Hall–Kier alpha value is 0. The molecule has 0 radical (unpaired) electrons. The van der Waals surface area contributed by atoms with Crippen molar-refractivity contribution >= 4 is 0 Å². The minimum Gasteiger partial charge on any atom is -0.0599 e. The molecule has 0 aromatic carbocycles. The van der Waals surface area contributed by atoms with Gasteiger partial charge in [-0.15, -0.1) is 0 Å². The maximum Gasteiger partial charge on any atom is -0.0314 e. The Morgan fingerprint density at radius 1 is 0.923 bits per heavy atom. The third kappa shape index (κ3) is 3.32. The molecule has 1 fully saturated rings. The maximum absolute atomic E-state index is 2.39. The van der Waals surface area contributed by atoms with Crippen LogP contribution < -0.4 is 0 Å². The number of rotatable bonds is 2. The van der Waals surface area contributed by atoms with Gasteiger partial charge in [-0.05, 0) is 29.1 Å². The van der Waals surface area contributed by atoms with Gasteiger partial charge in [0, 0.05) is 0 Å². The van der Waals surface area contributed by atoms with Crippen molar-refractivity contribution in [2.45, 2.75) is 60.8 Å². The molecule has 0 spiro atoms. The Labute approximate surface area is 84.1 Å². The second kappa shape index (κ2) is 3.29. The number of hydrogen-bond donors (Lipinski definition) is 0. The summed E-state index contributed by atoms with van der Waals surface area (Å²) in [6, 6.07) is 0. The Bertz CT molecular complexity index is 147. The molecule has 0 aromatic heterocycles. The van der Waals surface area contributed by atoms with E-state index in [2.05, 4.69) is 41.5 Å². The average Bonchev–Trinajstić information content (AvgIpc) is 2.58. The zero-order valence-corrected chi connectivity index (χ0v) is 10.3. The third-order valence-corrected chi connectivity index (χ3v) is 3.36. The first-order valence-electron chi connectivity index (χ1n) is 5.71. The lowest BCUT2D eigenvalue weighted by Gasteiger charge is -2.41. The van der Waals surface area contributed by atoms with E-state index >= 15 is 0 Å². The SMILES string of the molecule is CC(C)(C)C(CC1CC1)C(C)(C)C. The molecule has 1 aliphatic rings. The molecule has 0 amide bonds. The summed E-state index contributed by atoms with van der Waals surface area (Å²) in [6.45, 7) is 14.4. The standard InChI is InChI=1S/C13H26/c1-12(2,3)11(13(4,5)6)9-10-7-8-10/h10-11H,7-9H2,1-6H3. The van der Waals surface area contributed by atoms with Gasteiger partial charge in [0.1, 0.15) is 0 Å². The second-order valence-electron chi connectivity index (χ2n) is 6.96. The average molecular weight is 182 g/mol. The van der Waals surface area contributed by atoms with E-state index in [9.17, 15) is 0 Å². The Kier molecular flexibility index (Phi) is 2.81. The zero-order chi connectivity index (χ0) is 10.3. The van der Waals surface area contributed by atoms with Crippen molar-refractivity contribution in [3.05, 3.63) is 0 Å². The Morgan fingerprint density at radius 2 is 1.31 bits per heavy atom. The summed E-state index contributed by atoms with van der Waals surface area (Å²) < 4.78 is 0. The molecule has 0 heterocycles. The molecule has 0 heteroatoms. The van der Waals surface area contributed by atoms with Crippen LogP contribution in [-0.4, -0.2) is 0 Å². The van der Waals surface area contributed by atoms with Crippen molar-refractivity contribution in [2.24, 2.45) is 22.7 Å². The summed E-state index contributed by atoms with van der Waals surface area (Å²) in [5.74, 6) is 1.93. The first-order chi connectivity index (χ1) is 5.71. The van der Waals surface area contributed by atoms with E-state index in [1.165, 1.54) is 19.3 Å². The molecule has 0 atom stereocenters. The smallest absolute Gasteiger partial charge is 0.0314 e. The predicted molar refractivity (Wildman–Crippen MR) is 59.7 cm³/mol. The molecule has 0 aromatic rings. The molecular weight excluding hydrogens is 156 g/mol. The van der Waals surface area contributed by atoms with Gasteiger partial charge in [0.25, 0.3) is 0 Å². The van der Waals surface area contributed by atoms with E-state index in [0.717, 1.165) is 11.8 Å². The normalized spacial score (nSPS) is 19.6. The highest BCUT2D eigenvalue weighted by Gasteiger charge is 2.38. The van der Waals surface area contributed by atoms with Gasteiger partial charge in [-0.3, -0.25) is 0 Å². The van der Waals surface area contributed by atoms with Crippen LogP contribution in [0.1, 0.15) is 60.8 Å². The molecule has 0 N–H and O–H groups in total. The van der Waals surface area contributed by atoms with Gasteiger partial charge in [0.05, 0.1) is 0 Å². The van der Waals surface area contributed by atoms with E-state index in [4.69, 9.17) is 0 Å². The molecule has 78 valence electrons. The van der Waals surface area contributed by atoms with E-state index in [-0.39, 0.29) is 0 Å². The maximum atomic E-state index is 2.39. The lowest BCUT2D eigenvalue weighted by molar-refractivity contribution is 0.0870. The summed E-state index contributed by atoms with van der Waals surface area (Å²) in [5, 5.41) is 0. The molecular formula is C13H26. The summed E-state index contributed by atoms with van der Waals surface area (Å²) in [4.78, 5) is 0. The first-order valence-corrected chi connectivity index (χ1v) is 5.71. The van der Waals surface area contributed by atoms with Crippen LogP contribution in [0.15, 0.2) is 0 Å². The van der Waals surface area contributed by atoms with Crippen molar-refractivity contribution in [3.8, 4) is 0 Å². The van der Waals surface area contributed by atoms with Crippen LogP contribution in [0.4, 0.5) is 0 Å². The summed E-state index contributed by atoms with van der Waals surface area (Å²) in [5.41, 5.74) is 0.946. The molecule has 0 saturated heterocycles. The van der Waals surface area contributed by atoms with Crippen LogP contribution in [0.25, 0.3) is 0 Å². The minimum absolute atomic E-state index is 0.473. The van der Waals surface area contributed by atoms with Crippen LogP contribution in [0.5, 0.6) is 0 Å². The van der Waals surface area contributed by atoms with Gasteiger partial charge in [-0.2, -0.15) is 0 Å². The number of hydrogen-bond acceptors (Lipinski definition) is 0. The second-order valence-corrected chi connectivity index (χ2v) is 6.96. The minimum atomic E-state index is 0.473. The van der Waals surface area contributed by atoms with Gasteiger partial charge in [0.2, 0.25) is 0 Å². The molecule has 0 unspecified atom stereocenters. The monoisotopic (exact) mass is 182 g/mol. The van der Waals surface area contributed by atoms with E-state index in [1.54, 1.807) is 0 Å². The van der Waals surface area contributed by atoms with Gasteiger partial charge in [-0.1, -0.05) is 54.4 Å². The van der Waals surface area contributed by atoms with Gasteiger partial charge in [0.15, 0.2) is 0 Å². The third-order valence-electron chi connectivity index (χ3n) is 3.36. The fourth-order valence-corrected chi connectivity index (χ4v) is 2.69. The fraction of sp³-hybridized carbons (Fsp3) is 1.00. The molecule has 0 aliphatic heterocycles. The van der Waals surface area contributed by atoms with E-state index in [1.807, 2.05) is 0 Å². The highest BCUT2D eigenvalue weighted by molar-refractivity contribution is 4.88. The summed E-state index contributed by atoms with van der Waals surface area (Å²) >= 11 is 0. The quantitative estimate of drug-likeness (QED) is 0.590. The van der Waals surface area contributed by atoms with Gasteiger partial charge >= 0.3 is 0 Å². The zero-order valence-electron chi connectivity index (χ0n) is 10.3. The van der Waals surface area contributed by atoms with Crippen molar-refractivity contribution in [2.75, 3.05) is 0 Å². The van der Waals surface area contributed by atoms with Crippen LogP contribution >= 0.6 is 0 Å².